The number of hydrogen-bond donors (Lipinski definition) is 2. The van der Waals surface area contributed by atoms with E-state index in [4.69, 9.17) is 10.1 Å². The molecule has 1 aliphatic heterocycles. The molecule has 1 unspecified atom stereocenters. The molecule has 0 saturated heterocycles. The Hall–Kier alpha value is -4.37. The van der Waals surface area contributed by atoms with Gasteiger partial charge in [-0.3, -0.25) is 19.4 Å². The van der Waals surface area contributed by atoms with Gasteiger partial charge in [-0.1, -0.05) is 30.3 Å². The van der Waals surface area contributed by atoms with Gasteiger partial charge >= 0.3 is 5.97 Å². The zero-order chi connectivity index (χ0) is 29.5. The van der Waals surface area contributed by atoms with Crippen molar-refractivity contribution in [3.63, 3.8) is 0 Å². The highest BCUT2D eigenvalue weighted by atomic mass is 19.1. The van der Waals surface area contributed by atoms with E-state index in [1.807, 2.05) is 50.5 Å². The monoisotopic (exact) mass is 558 g/mol. The van der Waals surface area contributed by atoms with Gasteiger partial charge in [0, 0.05) is 31.3 Å². The number of benzene rings is 3. The number of nitrogens with one attached hydrogen (secondary N) is 1. The van der Waals surface area contributed by atoms with Crippen LogP contribution in [-0.4, -0.2) is 61.2 Å². The number of halogens is 1. The molecule has 0 radical (unpaired) electrons. The maximum atomic E-state index is 13.9. The van der Waals surface area contributed by atoms with Crippen molar-refractivity contribution in [1.82, 2.24) is 4.90 Å². The highest BCUT2D eigenvalue weighted by Crippen LogP contribution is 2.37. The van der Waals surface area contributed by atoms with Crippen molar-refractivity contribution in [2.24, 2.45) is 4.99 Å². The summed E-state index contributed by atoms with van der Waals surface area (Å²) < 4.78 is 13.9. The summed E-state index contributed by atoms with van der Waals surface area (Å²) in [6, 6.07) is 18.7. The third-order valence-corrected chi connectivity index (χ3v) is 7.10. The molecule has 1 atom stereocenters. The standard InChI is InChI=1S/C32H35FN4O4/c1-36(2)19-5-4-6-28(38)37(3)25-15-13-24(14-16-25)34-31(22-10-7-21(8-11-22)9-18-29(39)40)30-26-17-12-23(33)20-27(26)35-32(30)41/h7-8,10-17,20,30H,4-6,9,18-19H2,1-3H3,(H,35,41)(H,39,40). The van der Waals surface area contributed by atoms with Gasteiger partial charge < -0.3 is 20.2 Å². The Morgan fingerprint density at radius 2 is 1.66 bits per heavy atom. The average Bonchev–Trinajstić information content (AvgIpc) is 3.27. The number of hydrogen-bond acceptors (Lipinski definition) is 5. The molecule has 8 nitrogen and oxygen atoms in total. The largest absolute Gasteiger partial charge is 0.481 e. The van der Waals surface area contributed by atoms with Crippen molar-refractivity contribution in [1.29, 1.82) is 0 Å². The Balaban J connectivity index is 1.61. The van der Waals surface area contributed by atoms with Crippen molar-refractivity contribution in [3.8, 4) is 0 Å². The number of aliphatic carboxylic acids is 1. The Morgan fingerprint density at radius 3 is 2.32 bits per heavy atom. The normalized spacial score (nSPS) is 14.6. The Kier molecular flexibility index (Phi) is 9.62. The van der Waals surface area contributed by atoms with Gasteiger partial charge in [-0.05, 0) is 93.0 Å². The van der Waals surface area contributed by atoms with E-state index < -0.39 is 17.7 Å². The molecule has 41 heavy (non-hydrogen) atoms. The lowest BCUT2D eigenvalue weighted by Gasteiger charge is -2.18. The van der Waals surface area contributed by atoms with Gasteiger partial charge in [0.2, 0.25) is 11.8 Å². The first-order valence-corrected chi connectivity index (χ1v) is 13.6. The SMILES string of the molecule is CN(C)CCCCC(=O)N(C)c1ccc(N=C(c2ccc(CCC(=O)O)cc2)C2C(=O)Nc3cc(F)ccc32)cc1. The molecule has 0 aromatic heterocycles. The van der Waals surface area contributed by atoms with Gasteiger partial charge in [0.05, 0.1) is 11.4 Å². The van der Waals surface area contributed by atoms with Crippen LogP contribution >= 0.6 is 0 Å². The fourth-order valence-electron chi connectivity index (χ4n) is 4.80. The van der Waals surface area contributed by atoms with Crippen LogP contribution in [-0.2, 0) is 20.8 Å². The van der Waals surface area contributed by atoms with Crippen LogP contribution in [0.25, 0.3) is 0 Å². The third-order valence-electron chi connectivity index (χ3n) is 7.10. The van der Waals surface area contributed by atoms with Crippen LogP contribution < -0.4 is 10.2 Å². The molecule has 1 aliphatic rings. The third kappa shape index (κ3) is 7.64. The second-order valence-corrected chi connectivity index (χ2v) is 10.5. The fraction of sp³-hybridized carbons (Fsp3) is 0.312. The average molecular weight is 559 g/mol. The number of aryl methyl sites for hydroxylation is 1. The molecule has 0 bridgehead atoms. The maximum Gasteiger partial charge on any atom is 0.303 e. The molecule has 3 aromatic rings. The molecule has 2 amide bonds. The number of nitrogens with zero attached hydrogens (tertiary/aromatic N) is 3. The van der Waals surface area contributed by atoms with E-state index in [1.165, 1.54) is 12.1 Å². The lowest BCUT2D eigenvalue weighted by atomic mass is 9.90. The van der Waals surface area contributed by atoms with Crippen molar-refractivity contribution in [2.75, 3.05) is 37.9 Å². The lowest BCUT2D eigenvalue weighted by molar-refractivity contribution is -0.137. The zero-order valence-electron chi connectivity index (χ0n) is 23.6. The van der Waals surface area contributed by atoms with Gasteiger partial charge in [0.15, 0.2) is 0 Å². The number of carboxylic acids is 1. The van der Waals surface area contributed by atoms with Crippen molar-refractivity contribution in [2.45, 2.75) is 38.0 Å². The smallest absolute Gasteiger partial charge is 0.303 e. The van der Waals surface area contributed by atoms with Crippen LogP contribution in [0.2, 0.25) is 0 Å². The summed E-state index contributed by atoms with van der Waals surface area (Å²) in [5, 5.41) is 11.8. The van der Waals surface area contributed by atoms with Crippen LogP contribution in [0.3, 0.4) is 0 Å². The number of carbonyl (C=O) groups is 3. The molecule has 0 spiro atoms. The van der Waals surface area contributed by atoms with Gasteiger partial charge in [-0.2, -0.15) is 0 Å². The summed E-state index contributed by atoms with van der Waals surface area (Å²) in [5.41, 5.74) is 4.39. The van der Waals surface area contributed by atoms with Gasteiger partial charge in [0.1, 0.15) is 11.7 Å². The molecule has 214 valence electrons. The number of carbonyl (C=O) groups excluding carboxylic acids is 2. The summed E-state index contributed by atoms with van der Waals surface area (Å²) >= 11 is 0. The second-order valence-electron chi connectivity index (χ2n) is 10.5. The molecular weight excluding hydrogens is 523 g/mol. The Bertz CT molecular complexity index is 1440. The van der Waals surface area contributed by atoms with Crippen LogP contribution in [0.5, 0.6) is 0 Å². The quantitative estimate of drug-likeness (QED) is 0.229. The maximum absolute atomic E-state index is 13.9. The molecule has 0 saturated carbocycles. The fourth-order valence-corrected chi connectivity index (χ4v) is 4.80. The Morgan fingerprint density at radius 1 is 0.951 bits per heavy atom. The van der Waals surface area contributed by atoms with E-state index >= 15 is 0 Å². The van der Waals surface area contributed by atoms with Gasteiger partial charge in [-0.25, -0.2) is 4.39 Å². The molecule has 2 N–H and O–H groups in total. The molecule has 9 heteroatoms. The van der Waals surface area contributed by atoms with Crippen molar-refractivity contribution >= 4 is 40.6 Å². The van der Waals surface area contributed by atoms with E-state index in [1.54, 1.807) is 30.1 Å². The molecular formula is C32H35FN4O4. The van der Waals surface area contributed by atoms with Crippen LogP contribution in [0.4, 0.5) is 21.5 Å². The number of anilines is 2. The van der Waals surface area contributed by atoms with E-state index in [0.29, 0.717) is 41.1 Å². The summed E-state index contributed by atoms with van der Waals surface area (Å²) in [4.78, 5) is 45.4. The number of fused-ring (bicyclic) bond motifs is 1. The van der Waals surface area contributed by atoms with Crippen LogP contribution in [0.15, 0.2) is 71.7 Å². The Labute approximate surface area is 239 Å². The van der Waals surface area contributed by atoms with Crippen molar-refractivity contribution in [3.05, 3.63) is 89.2 Å². The topological polar surface area (TPSA) is 102 Å². The number of carboxylic acid groups (broad SMARTS) is 1. The minimum absolute atomic E-state index is 0.0175. The van der Waals surface area contributed by atoms with E-state index in [0.717, 1.165) is 30.6 Å². The summed E-state index contributed by atoms with van der Waals surface area (Å²) in [6.45, 7) is 0.940. The predicted octanol–water partition coefficient (Wildman–Crippen LogP) is 5.39. The number of aliphatic imine (C=N–C) groups is 1. The predicted molar refractivity (Wildman–Crippen MR) is 159 cm³/mol. The number of amides is 2. The molecule has 4 rings (SSSR count). The minimum Gasteiger partial charge on any atom is -0.481 e. The summed E-state index contributed by atoms with van der Waals surface area (Å²) in [7, 11) is 5.78. The molecule has 0 aliphatic carbocycles. The highest BCUT2D eigenvalue weighted by Gasteiger charge is 2.35. The van der Waals surface area contributed by atoms with Crippen LogP contribution in [0.1, 0.15) is 48.3 Å². The molecule has 0 fully saturated rings. The van der Waals surface area contributed by atoms with E-state index in [2.05, 4.69) is 10.2 Å². The summed E-state index contributed by atoms with van der Waals surface area (Å²) in [6.07, 6.45) is 2.64. The number of unbranched alkanes of at least 4 members (excludes halogenated alkanes) is 1. The number of rotatable bonds is 12. The van der Waals surface area contributed by atoms with Gasteiger partial charge in [-0.15, -0.1) is 0 Å². The van der Waals surface area contributed by atoms with Crippen LogP contribution in [0, 0.1) is 5.82 Å². The van der Waals surface area contributed by atoms with Gasteiger partial charge in [0.25, 0.3) is 0 Å². The molecule has 3 aromatic carbocycles. The van der Waals surface area contributed by atoms with E-state index in [-0.39, 0.29) is 18.2 Å². The second kappa shape index (κ2) is 13.3. The summed E-state index contributed by atoms with van der Waals surface area (Å²) in [5.74, 6) is -2.35. The highest BCUT2D eigenvalue weighted by molar-refractivity contribution is 6.24. The van der Waals surface area contributed by atoms with Crippen molar-refractivity contribution < 1.29 is 23.9 Å². The lowest BCUT2D eigenvalue weighted by Crippen LogP contribution is -2.26. The minimum atomic E-state index is -0.872. The first kappa shape index (κ1) is 29.6. The zero-order valence-corrected chi connectivity index (χ0v) is 23.6. The first-order valence-electron chi connectivity index (χ1n) is 13.6. The van der Waals surface area contributed by atoms with E-state index in [9.17, 15) is 18.8 Å². The first-order chi connectivity index (χ1) is 19.6. The molecule has 1 heterocycles.